The highest BCUT2D eigenvalue weighted by Gasteiger charge is 2.20. The fraction of sp³-hybridized carbons (Fsp3) is 0.111. The number of anilines is 1. The van der Waals surface area contributed by atoms with Crippen LogP contribution in [0.3, 0.4) is 0 Å². The van der Waals surface area contributed by atoms with Gasteiger partial charge < -0.3 is 10.1 Å². The molecule has 0 spiro atoms. The number of carbonyl (C=O) groups excluding carboxylic acids is 2. The number of nitrogens with zero attached hydrogens (tertiary/aromatic N) is 2. The van der Waals surface area contributed by atoms with E-state index in [1.165, 1.54) is 55.5 Å². The largest absolute Gasteiger partial charge is 0.449 e. The molecule has 2 aromatic carbocycles. The van der Waals surface area contributed by atoms with E-state index in [0.717, 1.165) is 6.08 Å². The van der Waals surface area contributed by atoms with Crippen LogP contribution in [-0.4, -0.2) is 27.8 Å². The van der Waals surface area contributed by atoms with E-state index in [-0.39, 0.29) is 17.1 Å². The smallest absolute Gasteiger partial charge is 0.331 e. The van der Waals surface area contributed by atoms with E-state index in [1.54, 1.807) is 6.07 Å². The Balaban J connectivity index is 1.98. The van der Waals surface area contributed by atoms with Crippen LogP contribution in [-0.2, 0) is 14.3 Å². The van der Waals surface area contributed by atoms with Crippen LogP contribution in [0.25, 0.3) is 6.08 Å². The minimum atomic E-state index is -1.22. The van der Waals surface area contributed by atoms with Crippen LogP contribution >= 0.6 is 0 Å². The fourth-order valence-corrected chi connectivity index (χ4v) is 2.15. The van der Waals surface area contributed by atoms with Crippen molar-refractivity contribution >= 4 is 35.0 Å². The molecule has 0 saturated heterocycles. The van der Waals surface area contributed by atoms with Gasteiger partial charge in [0.1, 0.15) is 5.69 Å². The van der Waals surface area contributed by atoms with E-state index in [9.17, 15) is 29.8 Å². The van der Waals surface area contributed by atoms with Gasteiger partial charge in [0.25, 0.3) is 17.3 Å². The number of non-ortho nitro benzene ring substituents is 1. The summed E-state index contributed by atoms with van der Waals surface area (Å²) in [6.07, 6.45) is 1.11. The first-order valence-electron chi connectivity index (χ1n) is 7.95. The minimum absolute atomic E-state index is 0.0208. The lowest BCUT2D eigenvalue weighted by molar-refractivity contribution is -0.384. The van der Waals surface area contributed by atoms with Gasteiger partial charge in [0.05, 0.1) is 9.85 Å². The van der Waals surface area contributed by atoms with Crippen LogP contribution in [0.15, 0.2) is 54.6 Å². The third-order valence-electron chi connectivity index (χ3n) is 3.51. The summed E-state index contributed by atoms with van der Waals surface area (Å²) < 4.78 is 4.94. The first kappa shape index (κ1) is 20.2. The molecule has 0 aromatic heterocycles. The van der Waals surface area contributed by atoms with E-state index >= 15 is 0 Å². The Morgan fingerprint density at radius 1 is 1.07 bits per heavy atom. The first-order valence-corrected chi connectivity index (χ1v) is 7.95. The van der Waals surface area contributed by atoms with Gasteiger partial charge in [0.15, 0.2) is 6.10 Å². The molecule has 0 bridgehead atoms. The molecule has 0 aliphatic heterocycles. The number of hydrogen-bond donors (Lipinski definition) is 1. The summed E-state index contributed by atoms with van der Waals surface area (Å²) >= 11 is 0. The molecule has 10 heteroatoms. The number of benzene rings is 2. The lowest BCUT2D eigenvalue weighted by Gasteiger charge is -2.12. The van der Waals surface area contributed by atoms with Gasteiger partial charge in [-0.25, -0.2) is 4.79 Å². The summed E-state index contributed by atoms with van der Waals surface area (Å²) in [4.78, 5) is 44.4. The third kappa shape index (κ3) is 5.46. The average molecular weight is 385 g/mol. The van der Waals surface area contributed by atoms with Crippen molar-refractivity contribution in [3.63, 3.8) is 0 Å². The topological polar surface area (TPSA) is 142 Å². The van der Waals surface area contributed by atoms with E-state index in [0.29, 0.717) is 5.56 Å². The molecule has 28 heavy (non-hydrogen) atoms. The molecule has 0 aliphatic rings. The number of nitrogens with one attached hydrogen (secondary N) is 1. The maximum absolute atomic E-state index is 12.1. The van der Waals surface area contributed by atoms with Crippen molar-refractivity contribution in [2.75, 3.05) is 5.32 Å². The molecule has 144 valence electrons. The summed E-state index contributed by atoms with van der Waals surface area (Å²) in [5.74, 6) is -1.59. The molecular weight excluding hydrogens is 370 g/mol. The van der Waals surface area contributed by atoms with Crippen LogP contribution in [0, 0.1) is 20.2 Å². The molecule has 0 saturated carbocycles. The molecule has 0 aliphatic carbocycles. The fourth-order valence-electron chi connectivity index (χ4n) is 2.15. The Morgan fingerprint density at radius 2 is 1.79 bits per heavy atom. The molecule has 1 atom stereocenters. The molecule has 1 unspecified atom stereocenters. The Labute approximate surface area is 158 Å². The van der Waals surface area contributed by atoms with E-state index in [1.807, 2.05) is 0 Å². The second-order valence-corrected chi connectivity index (χ2v) is 5.53. The van der Waals surface area contributed by atoms with Crippen LogP contribution < -0.4 is 5.32 Å². The number of esters is 1. The molecule has 0 heterocycles. The van der Waals surface area contributed by atoms with Gasteiger partial charge in [-0.2, -0.15) is 0 Å². The van der Waals surface area contributed by atoms with Gasteiger partial charge in [0, 0.05) is 24.3 Å². The van der Waals surface area contributed by atoms with Crippen molar-refractivity contribution in [1.82, 2.24) is 0 Å². The Kier molecular flexibility index (Phi) is 6.53. The molecular formula is C18H15N3O7. The number of carbonyl (C=O) groups is 2. The quantitative estimate of drug-likeness (QED) is 0.334. The van der Waals surface area contributed by atoms with E-state index in [2.05, 4.69) is 5.32 Å². The number of ether oxygens (including phenoxy) is 1. The molecule has 2 aromatic rings. The zero-order valence-electron chi connectivity index (χ0n) is 14.6. The van der Waals surface area contributed by atoms with Crippen molar-refractivity contribution < 1.29 is 24.2 Å². The molecule has 0 fully saturated rings. The maximum Gasteiger partial charge on any atom is 0.331 e. The monoisotopic (exact) mass is 385 g/mol. The van der Waals surface area contributed by atoms with Crippen LogP contribution in [0.2, 0.25) is 0 Å². The molecule has 2 rings (SSSR count). The predicted molar refractivity (Wildman–Crippen MR) is 99.4 cm³/mol. The number of para-hydroxylation sites is 2. The van der Waals surface area contributed by atoms with Crippen molar-refractivity contribution in [2.24, 2.45) is 0 Å². The van der Waals surface area contributed by atoms with E-state index < -0.39 is 27.8 Å². The predicted octanol–water partition coefficient (Wildman–Crippen LogP) is 3.09. The van der Waals surface area contributed by atoms with Crippen LogP contribution in [0.4, 0.5) is 17.1 Å². The standard InChI is InChI=1S/C18H15N3O7/c1-12(18(23)19-15-7-2-3-8-16(15)21(26)27)28-17(22)10-9-13-5-4-6-14(11-13)20(24)25/h2-12H,1H3,(H,19,23)/b10-9+. The zero-order chi connectivity index (χ0) is 20.7. The summed E-state index contributed by atoms with van der Waals surface area (Å²) in [6.45, 7) is 1.31. The summed E-state index contributed by atoms with van der Waals surface area (Å²) in [5, 5.41) is 24.0. The van der Waals surface area contributed by atoms with Crippen molar-refractivity contribution in [2.45, 2.75) is 13.0 Å². The Morgan fingerprint density at radius 3 is 2.46 bits per heavy atom. The van der Waals surface area contributed by atoms with Gasteiger partial charge in [-0.3, -0.25) is 25.0 Å². The second kappa shape index (κ2) is 9.03. The SMILES string of the molecule is CC(OC(=O)/C=C/c1cccc([N+](=O)[O-])c1)C(=O)Nc1ccccc1[N+](=O)[O-]. The van der Waals surface area contributed by atoms with Crippen molar-refractivity contribution in [3.05, 3.63) is 80.4 Å². The van der Waals surface area contributed by atoms with Gasteiger partial charge in [0.2, 0.25) is 0 Å². The Hall–Kier alpha value is -4.08. The number of nitro groups is 2. The summed E-state index contributed by atoms with van der Waals surface area (Å²) in [6, 6.07) is 11.2. The van der Waals surface area contributed by atoms with Crippen LogP contribution in [0.5, 0.6) is 0 Å². The number of hydrogen-bond acceptors (Lipinski definition) is 7. The minimum Gasteiger partial charge on any atom is -0.449 e. The van der Waals surface area contributed by atoms with Gasteiger partial charge >= 0.3 is 5.97 Å². The molecule has 1 N–H and O–H groups in total. The maximum atomic E-state index is 12.1. The van der Waals surface area contributed by atoms with E-state index in [4.69, 9.17) is 4.74 Å². The Bertz CT molecular complexity index is 956. The van der Waals surface area contributed by atoms with Crippen molar-refractivity contribution in [3.8, 4) is 0 Å². The summed E-state index contributed by atoms with van der Waals surface area (Å²) in [5.41, 5.74) is -0.0386. The first-order chi connectivity index (χ1) is 13.3. The molecule has 0 radical (unpaired) electrons. The molecule has 10 nitrogen and oxygen atoms in total. The second-order valence-electron chi connectivity index (χ2n) is 5.53. The third-order valence-corrected chi connectivity index (χ3v) is 3.51. The highest BCUT2D eigenvalue weighted by Crippen LogP contribution is 2.23. The number of rotatable bonds is 7. The zero-order valence-corrected chi connectivity index (χ0v) is 14.6. The number of nitro benzene ring substituents is 2. The van der Waals surface area contributed by atoms with Gasteiger partial charge in [-0.05, 0) is 24.6 Å². The lowest BCUT2D eigenvalue weighted by Crippen LogP contribution is -2.29. The lowest BCUT2D eigenvalue weighted by atomic mass is 10.2. The average Bonchev–Trinajstić information content (AvgIpc) is 2.66. The van der Waals surface area contributed by atoms with Crippen LogP contribution in [0.1, 0.15) is 12.5 Å². The number of amides is 1. The molecule has 1 amide bonds. The summed E-state index contributed by atoms with van der Waals surface area (Å²) in [7, 11) is 0. The highest BCUT2D eigenvalue weighted by atomic mass is 16.6. The van der Waals surface area contributed by atoms with Crippen molar-refractivity contribution in [1.29, 1.82) is 0 Å². The van der Waals surface area contributed by atoms with Gasteiger partial charge in [-0.15, -0.1) is 0 Å². The normalized spacial score (nSPS) is 11.6. The highest BCUT2D eigenvalue weighted by molar-refractivity contribution is 5.98. The van der Waals surface area contributed by atoms with Gasteiger partial charge in [-0.1, -0.05) is 24.3 Å².